The van der Waals surface area contributed by atoms with Crippen LogP contribution in [0.5, 0.6) is 0 Å². The summed E-state index contributed by atoms with van der Waals surface area (Å²) in [5.41, 5.74) is 1.98. The summed E-state index contributed by atoms with van der Waals surface area (Å²) < 4.78 is 1.88. The van der Waals surface area contributed by atoms with Crippen LogP contribution >= 0.6 is 23.5 Å². The van der Waals surface area contributed by atoms with Crippen LogP contribution in [0, 0.1) is 24.0 Å². The highest BCUT2D eigenvalue weighted by atomic mass is 32.2. The lowest BCUT2D eigenvalue weighted by Crippen LogP contribution is -2.07. The molecule has 2 aromatic heterocycles. The van der Waals surface area contributed by atoms with Gasteiger partial charge in [0.1, 0.15) is 5.82 Å². The zero-order chi connectivity index (χ0) is 22.4. The van der Waals surface area contributed by atoms with E-state index in [1.165, 1.54) is 41.7 Å². The molecule has 160 valence electrons. The van der Waals surface area contributed by atoms with Crippen molar-refractivity contribution < 1.29 is 9.72 Å². The van der Waals surface area contributed by atoms with Crippen LogP contribution in [-0.2, 0) is 12.3 Å². The Hall–Kier alpha value is -3.05. The van der Waals surface area contributed by atoms with Crippen LogP contribution in [0.4, 0.5) is 5.69 Å². The number of nitrogens with zero attached hydrogens (tertiary/aromatic N) is 6. The quantitative estimate of drug-likeness (QED) is 0.111. The second-order valence-corrected chi connectivity index (χ2v) is 8.42. The molecule has 0 atom stereocenters. The molecule has 2 heterocycles. The van der Waals surface area contributed by atoms with Crippen molar-refractivity contribution in [1.82, 2.24) is 24.7 Å². The fourth-order valence-corrected chi connectivity index (χ4v) is 4.49. The maximum atomic E-state index is 12.5. The van der Waals surface area contributed by atoms with E-state index in [1.54, 1.807) is 12.1 Å². The lowest BCUT2D eigenvalue weighted by molar-refractivity contribution is -0.384. The maximum Gasteiger partial charge on any atom is 0.270 e. The molecule has 0 aliphatic heterocycles. The fourth-order valence-electron chi connectivity index (χ4n) is 2.74. The van der Waals surface area contributed by atoms with Crippen molar-refractivity contribution in [2.24, 2.45) is 0 Å². The number of ketones is 1. The molecule has 0 radical (unpaired) electrons. The zero-order valence-electron chi connectivity index (χ0n) is 17.0. The highest BCUT2D eigenvalue weighted by molar-refractivity contribution is 7.99. The molecule has 3 rings (SSSR count). The van der Waals surface area contributed by atoms with Crippen LogP contribution < -0.4 is 0 Å². The second-order valence-electron chi connectivity index (χ2n) is 6.54. The molecule has 0 spiro atoms. The van der Waals surface area contributed by atoms with E-state index in [0.717, 1.165) is 17.2 Å². The average molecular weight is 457 g/mol. The summed E-state index contributed by atoms with van der Waals surface area (Å²) in [6, 6.07) is 7.62. The molecule has 0 aliphatic carbocycles. The molecule has 1 aromatic carbocycles. The van der Waals surface area contributed by atoms with Gasteiger partial charge in [-0.1, -0.05) is 41.7 Å². The van der Waals surface area contributed by atoms with Gasteiger partial charge in [0.25, 0.3) is 5.69 Å². The Labute approximate surface area is 187 Å². The van der Waals surface area contributed by atoms with E-state index in [2.05, 4.69) is 26.7 Å². The van der Waals surface area contributed by atoms with Gasteiger partial charge in [-0.2, -0.15) is 0 Å². The zero-order valence-corrected chi connectivity index (χ0v) is 18.7. The van der Waals surface area contributed by atoms with E-state index in [-0.39, 0.29) is 17.2 Å². The average Bonchev–Trinajstić information content (AvgIpc) is 3.11. The van der Waals surface area contributed by atoms with E-state index in [1.807, 2.05) is 24.5 Å². The van der Waals surface area contributed by atoms with Crippen LogP contribution in [0.3, 0.4) is 0 Å². The van der Waals surface area contributed by atoms with Gasteiger partial charge in [-0.05, 0) is 19.9 Å². The monoisotopic (exact) mass is 456 g/mol. The number of carbonyl (C=O) groups excluding carboxylic acids is 1. The van der Waals surface area contributed by atoms with E-state index in [9.17, 15) is 14.9 Å². The lowest BCUT2D eigenvalue weighted by atomic mass is 10.1. The molecule has 0 unspecified atom stereocenters. The molecule has 31 heavy (non-hydrogen) atoms. The van der Waals surface area contributed by atoms with Crippen molar-refractivity contribution in [3.8, 4) is 0 Å². The normalized spacial score (nSPS) is 10.8. The Bertz CT molecular complexity index is 1110. The second kappa shape index (κ2) is 10.3. The Morgan fingerprint density at radius 1 is 1.19 bits per heavy atom. The molecule has 0 bridgehead atoms. The summed E-state index contributed by atoms with van der Waals surface area (Å²) >= 11 is 2.69. The number of Topliss-reactive ketones (excluding diaryl/α,β-unsaturated/α-hetero) is 1. The molecule has 0 saturated carbocycles. The first-order chi connectivity index (χ1) is 14.9. The van der Waals surface area contributed by atoms with E-state index in [0.29, 0.717) is 28.2 Å². The predicted octanol–water partition coefficient (Wildman–Crippen LogP) is 4.05. The first-order valence-corrected chi connectivity index (χ1v) is 11.2. The van der Waals surface area contributed by atoms with Gasteiger partial charge in [-0.3, -0.25) is 14.9 Å². The van der Waals surface area contributed by atoms with Crippen molar-refractivity contribution in [2.75, 3.05) is 5.75 Å². The van der Waals surface area contributed by atoms with Gasteiger partial charge < -0.3 is 4.57 Å². The number of nitro groups is 1. The Balaban J connectivity index is 1.69. The van der Waals surface area contributed by atoms with Gasteiger partial charge in [0.2, 0.25) is 0 Å². The fraction of sp³-hybridized carbons (Fsp3) is 0.250. The van der Waals surface area contributed by atoms with Gasteiger partial charge >= 0.3 is 0 Å². The van der Waals surface area contributed by atoms with Gasteiger partial charge in [0.05, 0.1) is 16.4 Å². The number of non-ortho nitro benzene ring substituents is 1. The largest absolute Gasteiger partial charge is 0.301 e. The smallest absolute Gasteiger partial charge is 0.270 e. The molecule has 11 heteroatoms. The molecular weight excluding hydrogens is 436 g/mol. The van der Waals surface area contributed by atoms with Crippen LogP contribution in [0.25, 0.3) is 0 Å². The number of thioether (sulfide) groups is 2. The van der Waals surface area contributed by atoms with Gasteiger partial charge in [-0.25, -0.2) is 9.97 Å². The molecule has 9 nitrogen and oxygen atoms in total. The number of aromatic nitrogens is 5. The number of aryl methyl sites for hydroxylation is 2. The maximum absolute atomic E-state index is 12.5. The first-order valence-electron chi connectivity index (χ1n) is 9.26. The molecule has 0 aliphatic rings. The summed E-state index contributed by atoms with van der Waals surface area (Å²) in [5, 5.41) is 20.6. The standard InChI is InChI=1S/C20H20N6O3S2/c1-4-8-25-18(12-30-19-21-13(2)9-14(3)22-19)23-24-20(25)31-11-17(27)15-6-5-7-16(10-15)26(28)29/h4-7,9-10H,1,8,11-12H2,2-3H3. The third-order valence-corrected chi connectivity index (χ3v) is 5.92. The molecule has 0 amide bonds. The number of rotatable bonds is 10. The minimum Gasteiger partial charge on any atom is -0.301 e. The predicted molar refractivity (Wildman–Crippen MR) is 119 cm³/mol. The highest BCUT2D eigenvalue weighted by Gasteiger charge is 2.16. The lowest BCUT2D eigenvalue weighted by Gasteiger charge is -2.07. The number of carbonyl (C=O) groups is 1. The summed E-state index contributed by atoms with van der Waals surface area (Å²) in [6.07, 6.45) is 1.73. The molecule has 0 fully saturated rings. The topological polar surface area (TPSA) is 117 Å². The van der Waals surface area contributed by atoms with Gasteiger partial charge in [-0.15, -0.1) is 16.8 Å². The van der Waals surface area contributed by atoms with Crippen LogP contribution in [0.1, 0.15) is 27.6 Å². The summed E-state index contributed by atoms with van der Waals surface area (Å²) in [6.45, 7) is 8.12. The third-order valence-electron chi connectivity index (χ3n) is 4.11. The molecular formula is C20H20N6O3S2. The summed E-state index contributed by atoms with van der Waals surface area (Å²) in [5.74, 6) is 1.10. The van der Waals surface area contributed by atoms with Crippen molar-refractivity contribution in [1.29, 1.82) is 0 Å². The van der Waals surface area contributed by atoms with Crippen LogP contribution in [-0.4, -0.2) is 41.2 Å². The van der Waals surface area contributed by atoms with Crippen LogP contribution in [0.2, 0.25) is 0 Å². The number of hydrogen-bond donors (Lipinski definition) is 0. The SMILES string of the molecule is C=CCn1c(CSc2nc(C)cc(C)n2)nnc1SCC(=O)c1cccc([N+](=O)[O-])c1. The number of hydrogen-bond acceptors (Lipinski definition) is 9. The summed E-state index contributed by atoms with van der Waals surface area (Å²) in [7, 11) is 0. The summed E-state index contributed by atoms with van der Waals surface area (Å²) in [4.78, 5) is 31.7. The van der Waals surface area contributed by atoms with E-state index < -0.39 is 4.92 Å². The van der Waals surface area contributed by atoms with E-state index >= 15 is 0 Å². The van der Waals surface area contributed by atoms with Crippen molar-refractivity contribution in [3.63, 3.8) is 0 Å². The van der Waals surface area contributed by atoms with Crippen LogP contribution in [0.15, 0.2) is 53.3 Å². The van der Waals surface area contributed by atoms with E-state index in [4.69, 9.17) is 0 Å². The van der Waals surface area contributed by atoms with Crippen molar-refractivity contribution in [3.05, 3.63) is 75.9 Å². The minimum atomic E-state index is -0.520. The minimum absolute atomic E-state index is 0.0871. The van der Waals surface area contributed by atoms with Gasteiger partial charge in [0.15, 0.2) is 16.1 Å². The van der Waals surface area contributed by atoms with Gasteiger partial charge in [0, 0.05) is 35.6 Å². The number of benzene rings is 1. The van der Waals surface area contributed by atoms with Crippen molar-refractivity contribution in [2.45, 2.75) is 36.5 Å². The molecule has 3 aromatic rings. The van der Waals surface area contributed by atoms with Crippen molar-refractivity contribution >= 4 is 35.0 Å². The molecule has 0 N–H and O–H groups in total. The number of allylic oxidation sites excluding steroid dienone is 1. The third kappa shape index (κ3) is 5.98. The number of nitro benzene ring substituents is 1. The highest BCUT2D eigenvalue weighted by Crippen LogP contribution is 2.24. The Morgan fingerprint density at radius 3 is 2.61 bits per heavy atom. The Kier molecular flexibility index (Phi) is 7.53. The first kappa shape index (κ1) is 22.6. The Morgan fingerprint density at radius 2 is 1.94 bits per heavy atom. The molecule has 0 saturated heterocycles.